The Morgan fingerprint density at radius 1 is 1.13 bits per heavy atom. The number of hydrogen-bond acceptors (Lipinski definition) is 4. The molecule has 0 aliphatic carbocycles. The van der Waals surface area contributed by atoms with E-state index in [0.717, 1.165) is 30.7 Å². The number of benzene rings is 2. The zero-order valence-corrected chi connectivity index (χ0v) is 17.0. The second-order valence-corrected chi connectivity index (χ2v) is 7.82. The molecular weight excluding hydrogens is 382 g/mol. The Morgan fingerprint density at radius 3 is 2.60 bits per heavy atom. The minimum absolute atomic E-state index is 0.000814. The standard InChI is InChI=1S/C23H25N3O4/c1-16-5-2-3-7-20(16)30-15-17-6-4-12-25(13-17)22(28)18-8-10-19(11-9-18)26-14-21(27)24-23(26)29/h2-3,5,7-11,17H,4,6,12-15H2,1H3,(H,24,27,29). The Labute approximate surface area is 175 Å². The number of urea groups is 1. The number of rotatable bonds is 5. The zero-order chi connectivity index (χ0) is 21.1. The monoisotopic (exact) mass is 407 g/mol. The van der Waals surface area contributed by atoms with Gasteiger partial charge < -0.3 is 9.64 Å². The van der Waals surface area contributed by atoms with Gasteiger partial charge in [0, 0.05) is 30.3 Å². The highest BCUT2D eigenvalue weighted by molar-refractivity contribution is 6.12. The van der Waals surface area contributed by atoms with E-state index in [0.29, 0.717) is 30.3 Å². The summed E-state index contributed by atoms with van der Waals surface area (Å²) in [5.74, 6) is 0.832. The number of imide groups is 1. The first-order valence-electron chi connectivity index (χ1n) is 10.2. The molecule has 30 heavy (non-hydrogen) atoms. The summed E-state index contributed by atoms with van der Waals surface area (Å²) in [4.78, 5) is 39.3. The Balaban J connectivity index is 1.36. The van der Waals surface area contributed by atoms with Gasteiger partial charge in [-0.1, -0.05) is 18.2 Å². The van der Waals surface area contributed by atoms with Gasteiger partial charge in [0.05, 0.1) is 6.61 Å². The fraction of sp³-hybridized carbons (Fsp3) is 0.348. The molecule has 156 valence electrons. The van der Waals surface area contributed by atoms with Crippen molar-refractivity contribution in [2.45, 2.75) is 19.8 Å². The van der Waals surface area contributed by atoms with Crippen molar-refractivity contribution < 1.29 is 19.1 Å². The minimum atomic E-state index is -0.438. The molecule has 4 amide bonds. The number of likely N-dealkylation sites (tertiary alicyclic amines) is 1. The van der Waals surface area contributed by atoms with E-state index in [1.165, 1.54) is 4.90 Å². The van der Waals surface area contributed by atoms with Crippen molar-refractivity contribution in [1.29, 1.82) is 0 Å². The number of carbonyl (C=O) groups excluding carboxylic acids is 3. The number of hydrogen-bond donors (Lipinski definition) is 1. The minimum Gasteiger partial charge on any atom is -0.493 e. The number of anilines is 1. The van der Waals surface area contributed by atoms with Crippen molar-refractivity contribution in [3.05, 3.63) is 59.7 Å². The van der Waals surface area contributed by atoms with E-state index < -0.39 is 6.03 Å². The van der Waals surface area contributed by atoms with Crippen LogP contribution in [0, 0.1) is 12.8 Å². The van der Waals surface area contributed by atoms with Gasteiger partial charge in [-0.05, 0) is 55.7 Å². The SMILES string of the molecule is Cc1ccccc1OCC1CCCN(C(=O)c2ccc(N3CC(=O)NC3=O)cc2)C1. The Bertz CT molecular complexity index is 957. The fourth-order valence-corrected chi connectivity index (χ4v) is 3.93. The molecule has 1 N–H and O–H groups in total. The fourth-order valence-electron chi connectivity index (χ4n) is 3.93. The van der Waals surface area contributed by atoms with Crippen molar-refractivity contribution in [3.63, 3.8) is 0 Å². The average molecular weight is 407 g/mol. The zero-order valence-electron chi connectivity index (χ0n) is 17.0. The van der Waals surface area contributed by atoms with Crippen LogP contribution in [0.2, 0.25) is 0 Å². The maximum absolute atomic E-state index is 13.0. The molecule has 0 spiro atoms. The lowest BCUT2D eigenvalue weighted by atomic mass is 9.98. The Morgan fingerprint density at radius 2 is 1.90 bits per heavy atom. The topological polar surface area (TPSA) is 79.0 Å². The van der Waals surface area contributed by atoms with E-state index in [4.69, 9.17) is 4.74 Å². The van der Waals surface area contributed by atoms with Crippen molar-refractivity contribution in [1.82, 2.24) is 10.2 Å². The summed E-state index contributed by atoms with van der Waals surface area (Å²) in [7, 11) is 0. The summed E-state index contributed by atoms with van der Waals surface area (Å²) in [6.45, 7) is 4.00. The van der Waals surface area contributed by atoms with Crippen molar-refractivity contribution in [2.75, 3.05) is 31.1 Å². The third-order valence-corrected chi connectivity index (χ3v) is 5.59. The molecule has 2 fully saturated rings. The van der Waals surface area contributed by atoms with Crippen LogP contribution in [0.25, 0.3) is 0 Å². The van der Waals surface area contributed by atoms with Crippen LogP contribution < -0.4 is 15.0 Å². The summed E-state index contributed by atoms with van der Waals surface area (Å²) in [6.07, 6.45) is 1.98. The number of nitrogens with one attached hydrogen (secondary N) is 1. The number of piperidine rings is 1. The molecule has 7 nitrogen and oxygen atoms in total. The molecule has 4 rings (SSSR count). The van der Waals surface area contributed by atoms with E-state index in [1.807, 2.05) is 36.1 Å². The normalized spacial score (nSPS) is 19.0. The smallest absolute Gasteiger partial charge is 0.329 e. The molecule has 0 saturated carbocycles. The lowest BCUT2D eigenvalue weighted by Crippen LogP contribution is -2.41. The van der Waals surface area contributed by atoms with Crippen LogP contribution >= 0.6 is 0 Å². The second-order valence-electron chi connectivity index (χ2n) is 7.82. The van der Waals surface area contributed by atoms with Gasteiger partial charge in [0.15, 0.2) is 0 Å². The van der Waals surface area contributed by atoms with Gasteiger partial charge in [0.1, 0.15) is 12.3 Å². The molecule has 7 heteroatoms. The van der Waals surface area contributed by atoms with Crippen molar-refractivity contribution in [3.8, 4) is 5.75 Å². The molecule has 1 atom stereocenters. The summed E-state index contributed by atoms with van der Waals surface area (Å²) < 4.78 is 5.99. The molecule has 2 aliphatic rings. The van der Waals surface area contributed by atoms with Crippen LogP contribution in [0.15, 0.2) is 48.5 Å². The quantitative estimate of drug-likeness (QED) is 0.773. The lowest BCUT2D eigenvalue weighted by molar-refractivity contribution is -0.117. The number of aryl methyl sites for hydroxylation is 1. The van der Waals surface area contributed by atoms with Crippen LogP contribution in [-0.2, 0) is 4.79 Å². The van der Waals surface area contributed by atoms with Crippen LogP contribution in [-0.4, -0.2) is 49.0 Å². The van der Waals surface area contributed by atoms with Crippen molar-refractivity contribution >= 4 is 23.5 Å². The molecule has 2 aromatic carbocycles. The molecule has 2 aromatic rings. The third kappa shape index (κ3) is 4.30. The largest absolute Gasteiger partial charge is 0.493 e. The summed E-state index contributed by atoms with van der Waals surface area (Å²) >= 11 is 0. The Hall–Kier alpha value is -3.35. The Kier molecular flexibility index (Phi) is 5.70. The van der Waals surface area contributed by atoms with E-state index >= 15 is 0 Å². The molecular formula is C23H25N3O4. The van der Waals surface area contributed by atoms with Crippen molar-refractivity contribution in [2.24, 2.45) is 5.92 Å². The molecule has 2 saturated heterocycles. The van der Waals surface area contributed by atoms with Gasteiger partial charge in [-0.25, -0.2) is 4.79 Å². The van der Waals surface area contributed by atoms with Crippen LogP contribution in [0.4, 0.5) is 10.5 Å². The van der Waals surface area contributed by atoms with Crippen LogP contribution in [0.3, 0.4) is 0 Å². The first-order chi connectivity index (χ1) is 14.5. The van der Waals surface area contributed by atoms with E-state index in [9.17, 15) is 14.4 Å². The lowest BCUT2D eigenvalue weighted by Gasteiger charge is -2.33. The number of amides is 4. The molecule has 2 heterocycles. The summed E-state index contributed by atoms with van der Waals surface area (Å²) in [6, 6.07) is 14.3. The highest BCUT2D eigenvalue weighted by atomic mass is 16.5. The average Bonchev–Trinajstić information content (AvgIpc) is 3.11. The first-order valence-corrected chi connectivity index (χ1v) is 10.2. The highest BCUT2D eigenvalue weighted by Crippen LogP contribution is 2.23. The highest BCUT2D eigenvalue weighted by Gasteiger charge is 2.29. The van der Waals surface area contributed by atoms with Gasteiger partial charge in [0.25, 0.3) is 5.91 Å². The van der Waals surface area contributed by atoms with Gasteiger partial charge in [-0.2, -0.15) is 0 Å². The maximum atomic E-state index is 13.0. The van der Waals surface area contributed by atoms with Gasteiger partial charge in [-0.15, -0.1) is 0 Å². The third-order valence-electron chi connectivity index (χ3n) is 5.59. The number of nitrogens with zero attached hydrogens (tertiary/aromatic N) is 2. The van der Waals surface area contributed by atoms with Gasteiger partial charge >= 0.3 is 6.03 Å². The second kappa shape index (κ2) is 8.57. The predicted molar refractivity (Wildman–Crippen MR) is 113 cm³/mol. The van der Waals surface area contributed by atoms with Gasteiger partial charge in [-0.3, -0.25) is 19.8 Å². The predicted octanol–water partition coefficient (Wildman–Crippen LogP) is 2.98. The summed E-state index contributed by atoms with van der Waals surface area (Å²) in [5, 5.41) is 2.25. The number of ether oxygens (including phenoxy) is 1. The molecule has 1 unspecified atom stereocenters. The van der Waals surface area contributed by atoms with E-state index in [2.05, 4.69) is 5.32 Å². The molecule has 0 aromatic heterocycles. The molecule has 2 aliphatic heterocycles. The number of para-hydroxylation sites is 1. The van der Waals surface area contributed by atoms with E-state index in [1.54, 1.807) is 24.3 Å². The first kappa shape index (κ1) is 19.9. The van der Waals surface area contributed by atoms with Crippen LogP contribution in [0.1, 0.15) is 28.8 Å². The van der Waals surface area contributed by atoms with Gasteiger partial charge in [0.2, 0.25) is 5.91 Å². The van der Waals surface area contributed by atoms with E-state index in [-0.39, 0.29) is 18.4 Å². The summed E-state index contributed by atoms with van der Waals surface area (Å²) in [5.41, 5.74) is 2.28. The molecule has 0 bridgehead atoms. The maximum Gasteiger partial charge on any atom is 0.329 e. The molecule has 0 radical (unpaired) electrons. The number of carbonyl (C=O) groups is 3. The van der Waals surface area contributed by atoms with Crippen LogP contribution in [0.5, 0.6) is 5.75 Å².